The van der Waals surface area contributed by atoms with Crippen molar-refractivity contribution in [3.8, 4) is 0 Å². The van der Waals surface area contributed by atoms with Gasteiger partial charge in [0.15, 0.2) is 0 Å². The summed E-state index contributed by atoms with van der Waals surface area (Å²) in [5.74, 6) is -0.191. The maximum absolute atomic E-state index is 12.8. The van der Waals surface area contributed by atoms with Gasteiger partial charge in [-0.3, -0.25) is 0 Å². The Labute approximate surface area is 104 Å². The Morgan fingerprint density at radius 2 is 1.50 bits per heavy atom. The van der Waals surface area contributed by atoms with E-state index in [2.05, 4.69) is 20.1 Å². The number of rotatable bonds is 7. The zero-order valence-electron chi connectivity index (χ0n) is 9.78. The monoisotopic (exact) mass is 248 g/mol. The van der Waals surface area contributed by atoms with E-state index in [-0.39, 0.29) is 11.7 Å². The lowest BCUT2D eigenvalue weighted by molar-refractivity contribution is 0.585. The first-order valence-corrected chi connectivity index (χ1v) is 5.55. The van der Waals surface area contributed by atoms with Gasteiger partial charge in [0, 0.05) is 22.9 Å². The summed E-state index contributed by atoms with van der Waals surface area (Å²) in [7, 11) is 0. The zero-order valence-corrected chi connectivity index (χ0v) is 9.78. The summed E-state index contributed by atoms with van der Waals surface area (Å²) in [6, 6.07) is 6.19. The minimum absolute atomic E-state index is 0.0987. The first-order valence-electron chi connectivity index (χ1n) is 5.55. The summed E-state index contributed by atoms with van der Waals surface area (Å²) in [5.41, 5.74) is 17.4. The SMILES string of the molecule is [N-]=[N+]=NCCC(CCN=[N+]=[N-])c1ccc(F)cc1. The molecule has 0 bridgehead atoms. The molecule has 0 fully saturated rings. The van der Waals surface area contributed by atoms with Crippen LogP contribution in [0.2, 0.25) is 0 Å². The molecule has 0 atom stereocenters. The lowest BCUT2D eigenvalue weighted by Crippen LogP contribution is -2.03. The molecule has 0 N–H and O–H groups in total. The maximum Gasteiger partial charge on any atom is 0.123 e. The van der Waals surface area contributed by atoms with Crippen LogP contribution in [-0.4, -0.2) is 13.1 Å². The normalized spacial score (nSPS) is 11.2. The molecule has 1 rings (SSSR count). The fourth-order valence-corrected chi connectivity index (χ4v) is 1.73. The van der Waals surface area contributed by atoms with Gasteiger partial charge < -0.3 is 0 Å². The average molecular weight is 248 g/mol. The van der Waals surface area contributed by atoms with Crippen LogP contribution in [-0.2, 0) is 0 Å². The van der Waals surface area contributed by atoms with E-state index in [1.54, 1.807) is 12.1 Å². The van der Waals surface area contributed by atoms with E-state index < -0.39 is 0 Å². The highest BCUT2D eigenvalue weighted by Gasteiger charge is 2.10. The van der Waals surface area contributed by atoms with Crippen molar-refractivity contribution >= 4 is 0 Å². The van der Waals surface area contributed by atoms with Crippen LogP contribution >= 0.6 is 0 Å². The van der Waals surface area contributed by atoms with Gasteiger partial charge in [-0.2, -0.15) is 0 Å². The number of nitrogens with zero attached hydrogens (tertiary/aromatic N) is 6. The highest BCUT2D eigenvalue weighted by Crippen LogP contribution is 2.24. The standard InChI is InChI=1S/C11H13FN6/c12-11-3-1-9(2-4-11)10(5-7-15-17-13)6-8-16-18-14/h1-4,10H,5-8H2. The Morgan fingerprint density at radius 3 is 1.94 bits per heavy atom. The number of benzene rings is 1. The van der Waals surface area contributed by atoms with Crippen molar-refractivity contribution in [2.75, 3.05) is 13.1 Å². The van der Waals surface area contributed by atoms with Crippen LogP contribution in [0.4, 0.5) is 4.39 Å². The molecule has 0 spiro atoms. The molecule has 0 aliphatic carbocycles. The fourth-order valence-electron chi connectivity index (χ4n) is 1.73. The summed E-state index contributed by atoms with van der Waals surface area (Å²) in [5, 5.41) is 6.97. The van der Waals surface area contributed by atoms with Crippen LogP contribution in [0.25, 0.3) is 20.9 Å². The van der Waals surface area contributed by atoms with Crippen molar-refractivity contribution in [3.05, 3.63) is 56.5 Å². The highest BCUT2D eigenvalue weighted by molar-refractivity contribution is 5.20. The van der Waals surface area contributed by atoms with Gasteiger partial charge in [-0.25, -0.2) is 4.39 Å². The lowest BCUT2D eigenvalue weighted by Gasteiger charge is -2.15. The third-order valence-electron chi connectivity index (χ3n) is 2.62. The van der Waals surface area contributed by atoms with Crippen LogP contribution in [0, 0.1) is 5.82 Å². The van der Waals surface area contributed by atoms with Gasteiger partial charge in [0.25, 0.3) is 0 Å². The Hall–Kier alpha value is -2.23. The Morgan fingerprint density at radius 1 is 1.00 bits per heavy atom. The van der Waals surface area contributed by atoms with Crippen LogP contribution in [0.15, 0.2) is 34.5 Å². The number of hydrogen-bond acceptors (Lipinski definition) is 2. The second-order valence-electron chi connectivity index (χ2n) is 3.73. The van der Waals surface area contributed by atoms with Crippen LogP contribution in [0.3, 0.4) is 0 Å². The van der Waals surface area contributed by atoms with Crippen molar-refractivity contribution in [3.63, 3.8) is 0 Å². The van der Waals surface area contributed by atoms with Crippen molar-refractivity contribution in [2.24, 2.45) is 10.2 Å². The minimum Gasteiger partial charge on any atom is -0.207 e. The molecule has 0 radical (unpaired) electrons. The third kappa shape index (κ3) is 4.74. The van der Waals surface area contributed by atoms with E-state index in [4.69, 9.17) is 11.1 Å². The third-order valence-corrected chi connectivity index (χ3v) is 2.62. The molecule has 0 aliphatic rings. The van der Waals surface area contributed by atoms with E-state index in [0.717, 1.165) is 5.56 Å². The highest BCUT2D eigenvalue weighted by atomic mass is 19.1. The quantitative estimate of drug-likeness (QED) is 0.390. The first-order chi connectivity index (χ1) is 8.77. The second-order valence-corrected chi connectivity index (χ2v) is 3.73. The molecule has 0 heterocycles. The molecule has 1 aromatic carbocycles. The molecule has 1 aromatic rings. The molecule has 0 amide bonds. The van der Waals surface area contributed by atoms with Gasteiger partial charge in [0.2, 0.25) is 0 Å². The molecule has 0 aromatic heterocycles. The summed E-state index contributed by atoms with van der Waals surface area (Å²) in [4.78, 5) is 5.39. The molecule has 0 saturated heterocycles. The Balaban J connectivity index is 2.71. The summed E-state index contributed by atoms with van der Waals surface area (Å²) in [6.07, 6.45) is 1.30. The maximum atomic E-state index is 12.8. The van der Waals surface area contributed by atoms with E-state index in [1.807, 2.05) is 0 Å². The average Bonchev–Trinajstić information content (AvgIpc) is 2.38. The van der Waals surface area contributed by atoms with Crippen LogP contribution in [0.5, 0.6) is 0 Å². The van der Waals surface area contributed by atoms with Crippen LogP contribution < -0.4 is 0 Å². The number of hydrogen-bond donors (Lipinski definition) is 0. The van der Waals surface area contributed by atoms with Gasteiger partial charge >= 0.3 is 0 Å². The van der Waals surface area contributed by atoms with E-state index in [1.165, 1.54) is 12.1 Å². The van der Waals surface area contributed by atoms with Gasteiger partial charge in [-0.05, 0) is 47.5 Å². The molecule has 18 heavy (non-hydrogen) atoms. The predicted molar refractivity (Wildman–Crippen MR) is 66.4 cm³/mol. The van der Waals surface area contributed by atoms with Crippen molar-refractivity contribution in [2.45, 2.75) is 18.8 Å². The smallest absolute Gasteiger partial charge is 0.123 e. The minimum atomic E-state index is -0.289. The molecule has 0 aliphatic heterocycles. The fraction of sp³-hybridized carbons (Fsp3) is 0.455. The summed E-state index contributed by atoms with van der Waals surface area (Å²) < 4.78 is 12.8. The topological polar surface area (TPSA) is 97.5 Å². The molecule has 7 heteroatoms. The molecular formula is C11H13FN6. The first kappa shape index (κ1) is 13.8. The van der Waals surface area contributed by atoms with Gasteiger partial charge in [0.05, 0.1) is 0 Å². The summed E-state index contributed by atoms with van der Waals surface area (Å²) in [6.45, 7) is 0.740. The molecule has 6 nitrogen and oxygen atoms in total. The molecular weight excluding hydrogens is 235 g/mol. The van der Waals surface area contributed by atoms with Crippen LogP contribution in [0.1, 0.15) is 24.3 Å². The van der Waals surface area contributed by atoms with Crippen molar-refractivity contribution < 1.29 is 4.39 Å². The van der Waals surface area contributed by atoms with Gasteiger partial charge in [0.1, 0.15) is 5.82 Å². The molecule has 0 saturated carbocycles. The Kier molecular flexibility index (Phi) is 6.11. The van der Waals surface area contributed by atoms with E-state index in [9.17, 15) is 4.39 Å². The zero-order chi connectivity index (χ0) is 13.2. The second kappa shape index (κ2) is 7.95. The van der Waals surface area contributed by atoms with Crippen molar-refractivity contribution in [1.29, 1.82) is 0 Å². The van der Waals surface area contributed by atoms with Gasteiger partial charge in [-0.1, -0.05) is 22.4 Å². The van der Waals surface area contributed by atoms with E-state index >= 15 is 0 Å². The number of halogens is 1. The van der Waals surface area contributed by atoms with Gasteiger partial charge in [-0.15, -0.1) is 0 Å². The summed E-state index contributed by atoms with van der Waals surface area (Å²) >= 11 is 0. The Bertz CT molecular complexity index is 437. The van der Waals surface area contributed by atoms with Crippen molar-refractivity contribution in [1.82, 2.24) is 0 Å². The molecule has 94 valence electrons. The van der Waals surface area contributed by atoms with E-state index in [0.29, 0.717) is 25.9 Å². The largest absolute Gasteiger partial charge is 0.207 e. The predicted octanol–water partition coefficient (Wildman–Crippen LogP) is 4.31. The lowest BCUT2D eigenvalue weighted by atomic mass is 9.92. The molecule has 0 unspecified atom stereocenters. The number of azide groups is 2.